The highest BCUT2D eigenvalue weighted by molar-refractivity contribution is 9.10. The summed E-state index contributed by atoms with van der Waals surface area (Å²) in [6.45, 7) is 18.3. The van der Waals surface area contributed by atoms with Gasteiger partial charge < -0.3 is 5.11 Å². The van der Waals surface area contributed by atoms with Gasteiger partial charge in [-0.3, -0.25) is 25.7 Å². The van der Waals surface area contributed by atoms with Crippen molar-refractivity contribution in [2.24, 2.45) is 36.9 Å². The molecule has 622 valence electrons. The number of nitrogens with zero attached hydrogens (tertiary/aromatic N) is 6. The maximum Gasteiger partial charge on any atom is 0.358 e. The number of fused-ring (bicyclic) bond motifs is 6. The van der Waals surface area contributed by atoms with Crippen LogP contribution in [0.15, 0.2) is 209 Å². The molecule has 6 heterocycles. The molecule has 7 unspecified atom stereocenters. The van der Waals surface area contributed by atoms with Crippen LogP contribution in [0.5, 0.6) is 0 Å². The summed E-state index contributed by atoms with van der Waals surface area (Å²) >= 11 is 25.8. The van der Waals surface area contributed by atoms with Crippen molar-refractivity contribution in [1.82, 2.24) is 0 Å². The highest BCUT2D eigenvalue weighted by Gasteiger charge is 2.32. The number of oxime groups is 6. The van der Waals surface area contributed by atoms with Crippen molar-refractivity contribution in [2.75, 3.05) is 31.3 Å². The van der Waals surface area contributed by atoms with Crippen LogP contribution in [0.3, 0.4) is 0 Å². The molecule has 0 fully saturated rings. The van der Waals surface area contributed by atoms with Crippen LogP contribution in [0.1, 0.15) is 131 Å². The first-order chi connectivity index (χ1) is 53.7. The Bertz CT molecular complexity index is 5540. The van der Waals surface area contributed by atoms with Gasteiger partial charge in [-0.1, -0.05) is 172 Å². The highest BCUT2D eigenvalue weighted by atomic mass is 79.9. The fourth-order valence-electron chi connectivity index (χ4n) is 11.2. The summed E-state index contributed by atoms with van der Waals surface area (Å²) in [5, 5.41) is 35.2. The van der Waals surface area contributed by atoms with Crippen molar-refractivity contribution in [3.05, 3.63) is 204 Å². The van der Waals surface area contributed by atoms with E-state index in [1.807, 2.05) is 119 Å². The lowest BCUT2D eigenvalue weighted by Gasteiger charge is -2.28. The van der Waals surface area contributed by atoms with E-state index in [0.717, 1.165) is 115 Å². The number of aryl methyl sites for hydroxylation is 2. The number of halogens is 3. The van der Waals surface area contributed by atoms with Crippen molar-refractivity contribution in [3.8, 4) is 0 Å². The molecule has 0 amide bonds. The van der Waals surface area contributed by atoms with Gasteiger partial charge in [0.2, 0.25) is 0 Å². The summed E-state index contributed by atoms with van der Waals surface area (Å²) in [5.74, 6) is 0.0812. The summed E-state index contributed by atoms with van der Waals surface area (Å²) in [7, 11) is -21.8. The Morgan fingerprint density at radius 3 is 1.14 bits per heavy atom. The second kappa shape index (κ2) is 41.4. The van der Waals surface area contributed by atoms with Crippen molar-refractivity contribution >= 4 is 205 Å². The topological polar surface area (TPSA) is 355 Å². The van der Waals surface area contributed by atoms with Crippen LogP contribution >= 0.6 is 110 Å². The highest BCUT2D eigenvalue weighted by Crippen LogP contribution is 2.43. The third-order valence-electron chi connectivity index (χ3n) is 16.4. The minimum atomic E-state index is -3.90. The van der Waals surface area contributed by atoms with Crippen molar-refractivity contribution in [2.45, 2.75) is 167 Å². The van der Waals surface area contributed by atoms with Gasteiger partial charge in [-0.25, -0.2) is 0 Å². The number of rotatable bonds is 14. The molecule has 6 aliphatic rings. The number of benzene rings is 7. The maximum absolute atomic E-state index is 12.3. The smallest absolute Gasteiger partial charge is 0.358 e. The molecule has 0 radical (unpaired) electrons. The van der Waals surface area contributed by atoms with E-state index in [2.05, 4.69) is 109 Å². The Kier molecular flexibility index (Phi) is 34.1. The lowest BCUT2D eigenvalue weighted by molar-refractivity contribution is 0.281. The summed E-state index contributed by atoms with van der Waals surface area (Å²) < 4.78 is 163. The lowest BCUT2D eigenvalue weighted by Crippen LogP contribution is -2.27. The van der Waals surface area contributed by atoms with E-state index in [4.69, 9.17) is 32.6 Å². The molecule has 0 bridgehead atoms. The van der Waals surface area contributed by atoms with Gasteiger partial charge in [-0.15, -0.1) is 70.6 Å². The Balaban J connectivity index is 0.000000173. The fourth-order valence-corrected chi connectivity index (χ4v) is 20.6. The van der Waals surface area contributed by atoms with Gasteiger partial charge >= 0.3 is 60.7 Å². The van der Waals surface area contributed by atoms with E-state index in [1.54, 1.807) is 101 Å². The zero-order valence-corrected chi connectivity index (χ0v) is 77.5. The first kappa shape index (κ1) is 94.7. The molecule has 1 N–H and O–H groups in total. The summed E-state index contributed by atoms with van der Waals surface area (Å²) in [4.78, 5) is 6.51. The Morgan fingerprint density at radius 1 is 0.374 bits per heavy atom. The molecule has 0 spiro atoms. The van der Waals surface area contributed by atoms with Crippen LogP contribution in [0.25, 0.3) is 0 Å². The second-order valence-electron chi connectivity index (χ2n) is 27.1. The van der Waals surface area contributed by atoms with E-state index in [-0.39, 0.29) is 22.7 Å². The van der Waals surface area contributed by atoms with Gasteiger partial charge in [0.1, 0.15) is 4.90 Å². The Morgan fingerprint density at radius 2 is 0.704 bits per heavy atom. The first-order valence-corrected chi connectivity index (χ1v) is 52.2. The zero-order valence-electron chi connectivity index (χ0n) is 64.6. The normalized spacial score (nSPS) is 21.7. The number of hydrogen-bond donors (Lipinski definition) is 1. The van der Waals surface area contributed by atoms with E-state index in [9.17, 15) is 50.5 Å². The number of aliphatic hydroxyl groups is 1. The van der Waals surface area contributed by atoms with Crippen molar-refractivity contribution in [1.29, 1.82) is 0 Å². The molecule has 13 rings (SSSR count). The summed E-state index contributed by atoms with van der Waals surface area (Å²) in [6.07, 6.45) is 8.21. The fraction of sp³-hybridized carbons (Fsp3) is 0.360. The Hall–Kier alpha value is -5.82. The van der Waals surface area contributed by atoms with Crippen molar-refractivity contribution < 1.29 is 81.3 Å². The van der Waals surface area contributed by atoms with Gasteiger partial charge in [0.25, 0.3) is 0 Å². The predicted molar refractivity (Wildman–Crippen MR) is 470 cm³/mol. The van der Waals surface area contributed by atoms with Crippen LogP contribution in [-0.2, 0) is 93.0 Å². The molecule has 40 heteroatoms. The molecule has 115 heavy (non-hydrogen) atoms. The molecule has 0 aliphatic carbocycles. The average Bonchev–Trinajstić information content (AvgIpc) is 0.802. The SMILES string of the molecule is CC1C/C(=N\OS(C)(=O)=O)c2cc(Br)ccc2S1.CC1C/C(=N\OS(C)(=O)=O)c2cc(CO)ccc2S1.CC1C/C(=N\OS(C)(=O)=O)c2cc(Cl)ccc2S1.CC1C/C(=N\OS(C)(=O)=O)c2ccccc2S1.CC1Sc2ccc(Cl)cc2/C(=N/OS(C)(=O)=O)C1C.Cc1ccc(S(=O)(=O)O/N=C2\CC(C)Sc3ccc(C)cc32)cc1. The largest absolute Gasteiger partial charge is 0.392 e. The molecule has 7 aromatic carbocycles. The van der Waals surface area contributed by atoms with Gasteiger partial charge in [0, 0.05) is 147 Å². The second-order valence-corrected chi connectivity index (χ2v) is 47.0. The number of aliphatic hydroxyl groups excluding tert-OH is 1. The summed E-state index contributed by atoms with van der Waals surface area (Å²) in [6, 6.07) is 42.9. The molecule has 0 aromatic heterocycles. The minimum absolute atomic E-state index is 0.0618. The van der Waals surface area contributed by atoms with Gasteiger partial charge in [-0.05, 0) is 116 Å². The van der Waals surface area contributed by atoms with Crippen LogP contribution in [0, 0.1) is 19.8 Å². The van der Waals surface area contributed by atoms with Crippen molar-refractivity contribution in [3.63, 3.8) is 0 Å². The van der Waals surface area contributed by atoms with Gasteiger partial charge in [-0.2, -0.15) is 50.5 Å². The monoisotopic (exact) mass is 1910 g/mol. The quantitative estimate of drug-likeness (QED) is 0.0988. The first-order valence-electron chi connectivity index (χ1n) is 34.9. The predicted octanol–water partition coefficient (Wildman–Crippen LogP) is 17.4. The van der Waals surface area contributed by atoms with Crippen LogP contribution < -0.4 is 0 Å². The van der Waals surface area contributed by atoms with Crippen LogP contribution in [0.4, 0.5) is 0 Å². The summed E-state index contributed by atoms with van der Waals surface area (Å²) in [5.41, 5.74) is 12.1. The lowest BCUT2D eigenvalue weighted by atomic mass is 9.95. The van der Waals surface area contributed by atoms with E-state index in [1.165, 1.54) is 12.1 Å². The van der Waals surface area contributed by atoms with E-state index < -0.39 is 60.7 Å². The molecule has 25 nitrogen and oxygen atoms in total. The molecule has 6 aliphatic heterocycles. The number of thioether (sulfide) groups is 6. The molecule has 7 aromatic rings. The van der Waals surface area contributed by atoms with Gasteiger partial charge in [0.15, 0.2) is 0 Å². The standard InChI is InChI=1S/C18H19NO3S2.C12H14ClNO3S2.C12H15NO4S2.C11H12BrNO3S2.C11H12ClNO3S2.C11H13NO3S2/c1-12-4-7-15(8-5-12)24(20,21)22-19-17-11-14(3)23-18-9-6-13(2)10-16(17)18;1-7-8(2)18-11-5-4-9(13)6-10(11)12(7)14-17-19(3,15)16;1-8-5-11(13-17-19(2,15)16)10-6-9(7-14)3-4-12(10)18-8;2*1-7-5-10(13-16-18(2,14)15)9-6-8(12)3-4-11(9)17-7;1-8-7-10(12-15-17(2,13)14)9-5-3-4-6-11(9)16-8/h4-10,14H,11H2,1-3H3;4-8H,1-3H3;3-4,6,8,14H,5,7H2,1-2H3;2*3-4,6-7H,5H2,1-2H3;3-6,8H,7H2,1-2H3/b19-17+;14-12+;13-11+;2*13-10+;12-10+. The van der Waals surface area contributed by atoms with Crippen LogP contribution in [0.2, 0.25) is 10.0 Å². The van der Waals surface area contributed by atoms with Gasteiger partial charge in [0.05, 0.1) is 72.2 Å². The number of hydrogen-bond acceptors (Lipinski definition) is 31. The maximum atomic E-state index is 12.3. The molecular formula is C75H85BrCl2N6O19S12. The molecule has 0 saturated carbocycles. The average molecular weight is 1910 g/mol. The zero-order chi connectivity index (χ0) is 84.7. The molecular weight excluding hydrogens is 1820 g/mol. The van der Waals surface area contributed by atoms with E-state index in [0.29, 0.717) is 103 Å². The third-order valence-corrected chi connectivity index (χ3v) is 27.4. The molecule has 0 saturated heterocycles. The third kappa shape index (κ3) is 30.4. The van der Waals surface area contributed by atoms with Crippen LogP contribution in [-0.4, -0.2) is 153 Å². The minimum Gasteiger partial charge on any atom is -0.392 e. The Labute approximate surface area is 718 Å². The van der Waals surface area contributed by atoms with E-state index >= 15 is 0 Å². The molecule has 7 atom stereocenters.